The number of hydrogen-bond donors (Lipinski definition) is 1. The largest absolute Gasteiger partial charge is 0.354 e. The van der Waals surface area contributed by atoms with E-state index in [1.165, 1.54) is 4.31 Å². The maximum atomic E-state index is 12.7. The molecule has 0 unspecified atom stereocenters. The summed E-state index contributed by atoms with van der Waals surface area (Å²) >= 11 is 0. The number of aryl methyl sites for hydroxylation is 2. The van der Waals surface area contributed by atoms with Gasteiger partial charge in [-0.1, -0.05) is 6.07 Å². The Balaban J connectivity index is 1.27. The molecule has 1 aliphatic heterocycles. The van der Waals surface area contributed by atoms with Gasteiger partial charge in [-0.2, -0.15) is 4.31 Å². The molecule has 33 heavy (non-hydrogen) atoms. The molecule has 174 valence electrons. The Morgan fingerprint density at radius 1 is 0.939 bits per heavy atom. The van der Waals surface area contributed by atoms with E-state index in [1.54, 1.807) is 18.3 Å². The van der Waals surface area contributed by atoms with Crippen molar-refractivity contribution in [2.45, 2.75) is 13.8 Å². The number of anilines is 1. The maximum absolute atomic E-state index is 12.7. The summed E-state index contributed by atoms with van der Waals surface area (Å²) in [5, 5.41) is 2.73. The van der Waals surface area contributed by atoms with Gasteiger partial charge in [0.1, 0.15) is 5.82 Å². The van der Waals surface area contributed by atoms with Gasteiger partial charge in [-0.15, -0.1) is 0 Å². The van der Waals surface area contributed by atoms with Crippen LogP contribution in [0.1, 0.15) is 21.7 Å². The minimum atomic E-state index is -3.44. The fourth-order valence-electron chi connectivity index (χ4n) is 4.10. The van der Waals surface area contributed by atoms with Crippen LogP contribution < -0.4 is 10.2 Å². The van der Waals surface area contributed by atoms with Crippen LogP contribution in [0.2, 0.25) is 0 Å². The van der Waals surface area contributed by atoms with Crippen molar-refractivity contribution in [1.82, 2.24) is 19.2 Å². The molecule has 1 N–H and O–H groups in total. The zero-order valence-corrected chi connectivity index (χ0v) is 19.8. The second-order valence-electron chi connectivity index (χ2n) is 8.14. The van der Waals surface area contributed by atoms with E-state index in [1.807, 2.05) is 44.2 Å². The minimum absolute atomic E-state index is 0.0686. The van der Waals surface area contributed by atoms with Crippen LogP contribution in [0, 0.1) is 13.8 Å². The number of pyridine rings is 1. The van der Waals surface area contributed by atoms with E-state index in [-0.39, 0.29) is 18.2 Å². The molecule has 1 aliphatic rings. The third-order valence-electron chi connectivity index (χ3n) is 5.91. The fraction of sp³-hybridized carbons (Fsp3) is 0.333. The molecule has 3 aromatic rings. The van der Waals surface area contributed by atoms with Crippen molar-refractivity contribution in [3.63, 3.8) is 0 Å². The van der Waals surface area contributed by atoms with Crippen molar-refractivity contribution in [2.24, 2.45) is 0 Å². The van der Waals surface area contributed by atoms with Gasteiger partial charge >= 0.3 is 0 Å². The molecule has 2 aromatic heterocycles. The molecule has 1 saturated heterocycles. The van der Waals surface area contributed by atoms with Crippen LogP contribution in [0.5, 0.6) is 0 Å². The first-order chi connectivity index (χ1) is 15.8. The smallest absolute Gasteiger partial charge is 0.251 e. The van der Waals surface area contributed by atoms with Gasteiger partial charge in [0, 0.05) is 61.6 Å². The van der Waals surface area contributed by atoms with Crippen LogP contribution in [0.4, 0.5) is 5.82 Å². The molecule has 0 bridgehead atoms. The number of nitrogens with one attached hydrogen (secondary N) is 1. The third-order valence-corrected chi connectivity index (χ3v) is 7.78. The lowest BCUT2D eigenvalue weighted by Crippen LogP contribution is -2.50. The second-order valence-corrected chi connectivity index (χ2v) is 10.2. The van der Waals surface area contributed by atoms with Crippen LogP contribution in [0.25, 0.3) is 5.69 Å². The summed E-state index contributed by atoms with van der Waals surface area (Å²) in [7, 11) is -3.44. The maximum Gasteiger partial charge on any atom is 0.251 e. The summed E-state index contributed by atoms with van der Waals surface area (Å²) in [6.07, 6.45) is 1.73. The number of piperazine rings is 1. The number of sulfonamides is 1. The summed E-state index contributed by atoms with van der Waals surface area (Å²) in [4.78, 5) is 18.9. The Bertz CT molecular complexity index is 1180. The number of benzene rings is 1. The molecule has 1 aromatic carbocycles. The van der Waals surface area contributed by atoms with Gasteiger partial charge in [-0.3, -0.25) is 4.79 Å². The summed E-state index contributed by atoms with van der Waals surface area (Å²) in [6.45, 7) is 6.14. The van der Waals surface area contributed by atoms with Crippen LogP contribution in [-0.4, -0.2) is 66.7 Å². The average Bonchev–Trinajstić information content (AvgIpc) is 3.17. The van der Waals surface area contributed by atoms with Gasteiger partial charge in [0.2, 0.25) is 10.0 Å². The van der Waals surface area contributed by atoms with Crippen molar-refractivity contribution < 1.29 is 13.2 Å². The first-order valence-electron chi connectivity index (χ1n) is 11.0. The molecule has 0 spiro atoms. The highest BCUT2D eigenvalue weighted by molar-refractivity contribution is 7.89. The van der Waals surface area contributed by atoms with Crippen molar-refractivity contribution >= 4 is 21.7 Å². The molecule has 3 heterocycles. The highest BCUT2D eigenvalue weighted by Gasteiger charge is 2.27. The quantitative estimate of drug-likeness (QED) is 0.577. The Morgan fingerprint density at radius 2 is 1.61 bits per heavy atom. The van der Waals surface area contributed by atoms with Crippen LogP contribution >= 0.6 is 0 Å². The topological polar surface area (TPSA) is 87.5 Å². The number of hydrogen-bond acceptors (Lipinski definition) is 5. The van der Waals surface area contributed by atoms with Crippen molar-refractivity contribution in [2.75, 3.05) is 43.4 Å². The lowest BCUT2D eigenvalue weighted by atomic mass is 10.2. The Labute approximate surface area is 194 Å². The first-order valence-corrected chi connectivity index (χ1v) is 12.6. The fourth-order valence-corrected chi connectivity index (χ4v) is 5.44. The van der Waals surface area contributed by atoms with E-state index in [2.05, 4.69) is 31.9 Å². The molecular formula is C24H29N5O3S. The number of nitrogens with zero attached hydrogens (tertiary/aromatic N) is 4. The summed E-state index contributed by atoms with van der Waals surface area (Å²) in [5.74, 6) is 0.454. The molecule has 0 aliphatic carbocycles. The van der Waals surface area contributed by atoms with Crippen LogP contribution in [0.3, 0.4) is 0 Å². The molecule has 4 rings (SSSR count). The van der Waals surface area contributed by atoms with E-state index in [4.69, 9.17) is 0 Å². The Morgan fingerprint density at radius 3 is 2.21 bits per heavy atom. The SMILES string of the molecule is Cc1ccc(C)n1-c1ccc(C(=O)NCCS(=O)(=O)N2CCN(c3ccccn3)CC2)cc1. The number of rotatable bonds is 7. The normalized spacial score (nSPS) is 14.9. The lowest BCUT2D eigenvalue weighted by Gasteiger charge is -2.34. The third kappa shape index (κ3) is 5.26. The van der Waals surface area contributed by atoms with Gasteiger partial charge in [0.25, 0.3) is 5.91 Å². The first kappa shape index (κ1) is 23.0. The van der Waals surface area contributed by atoms with Crippen LogP contribution in [-0.2, 0) is 10.0 Å². The summed E-state index contributed by atoms with van der Waals surface area (Å²) in [5.41, 5.74) is 3.73. The van der Waals surface area contributed by atoms with Crippen LogP contribution in [0.15, 0.2) is 60.8 Å². The van der Waals surface area contributed by atoms with Gasteiger partial charge in [-0.25, -0.2) is 13.4 Å². The van der Waals surface area contributed by atoms with Gasteiger partial charge in [0.15, 0.2) is 0 Å². The highest BCUT2D eigenvalue weighted by Crippen LogP contribution is 2.17. The van der Waals surface area contributed by atoms with E-state index >= 15 is 0 Å². The van der Waals surface area contributed by atoms with Gasteiger partial charge in [-0.05, 0) is 62.4 Å². The molecule has 0 saturated carbocycles. The molecule has 1 amide bonds. The molecule has 0 atom stereocenters. The number of carbonyl (C=O) groups excluding carboxylic acids is 1. The van der Waals surface area contributed by atoms with E-state index in [9.17, 15) is 13.2 Å². The molecule has 9 heteroatoms. The lowest BCUT2D eigenvalue weighted by molar-refractivity contribution is 0.0956. The summed E-state index contributed by atoms with van der Waals surface area (Å²) in [6, 6.07) is 17.1. The number of carbonyl (C=O) groups is 1. The highest BCUT2D eigenvalue weighted by atomic mass is 32.2. The second kappa shape index (κ2) is 9.76. The van der Waals surface area contributed by atoms with Crippen molar-refractivity contribution in [3.05, 3.63) is 77.7 Å². The summed E-state index contributed by atoms with van der Waals surface area (Å²) < 4.78 is 29.1. The standard InChI is InChI=1S/C24H29N5O3S/c1-19-6-7-20(2)29(19)22-10-8-21(9-11-22)24(30)26-13-18-33(31,32)28-16-14-27(15-17-28)23-5-3-4-12-25-23/h3-12H,13-18H2,1-2H3,(H,26,30). The zero-order valence-electron chi connectivity index (χ0n) is 18.9. The zero-order chi connectivity index (χ0) is 23.4. The predicted molar refractivity (Wildman–Crippen MR) is 129 cm³/mol. The number of amides is 1. The average molecular weight is 468 g/mol. The van der Waals surface area contributed by atoms with E-state index in [0.717, 1.165) is 22.9 Å². The van der Waals surface area contributed by atoms with Crippen molar-refractivity contribution in [1.29, 1.82) is 0 Å². The van der Waals surface area contributed by atoms with Gasteiger partial charge < -0.3 is 14.8 Å². The molecular weight excluding hydrogens is 438 g/mol. The predicted octanol–water partition coefficient (Wildman–Crippen LogP) is 2.37. The monoisotopic (exact) mass is 467 g/mol. The van der Waals surface area contributed by atoms with E-state index < -0.39 is 10.0 Å². The molecule has 8 nitrogen and oxygen atoms in total. The van der Waals surface area contributed by atoms with Gasteiger partial charge in [0.05, 0.1) is 5.75 Å². The van der Waals surface area contributed by atoms with Crippen molar-refractivity contribution in [3.8, 4) is 5.69 Å². The Kier molecular flexibility index (Phi) is 6.80. The molecule has 0 radical (unpaired) electrons. The Hall–Kier alpha value is -3.17. The van der Waals surface area contributed by atoms with E-state index in [0.29, 0.717) is 31.7 Å². The molecule has 1 fully saturated rings. The number of aromatic nitrogens is 2. The minimum Gasteiger partial charge on any atom is -0.354 e.